The van der Waals surface area contributed by atoms with Gasteiger partial charge in [0.05, 0.1) is 25.0 Å². The largest absolute Gasteiger partial charge is 0.394 e. The molecule has 3 aromatic rings. The van der Waals surface area contributed by atoms with E-state index < -0.39 is 23.0 Å². The first-order valence-electron chi connectivity index (χ1n) is 17.5. The van der Waals surface area contributed by atoms with Crippen LogP contribution in [-0.2, 0) is 33.0 Å². The summed E-state index contributed by atoms with van der Waals surface area (Å²) in [7, 11) is 0. The minimum atomic E-state index is -1.93. The third kappa shape index (κ3) is 5.52. The Morgan fingerprint density at radius 1 is 1.00 bits per heavy atom. The van der Waals surface area contributed by atoms with Crippen LogP contribution >= 0.6 is 0 Å². The molecule has 2 fully saturated rings. The van der Waals surface area contributed by atoms with Gasteiger partial charge in [-0.25, -0.2) is 0 Å². The summed E-state index contributed by atoms with van der Waals surface area (Å²) in [5, 5.41) is 25.8. The SMILES string of the molecule is C=CCN1C(=O)[C@](O)([C@H](C)/C=C/CC(=O)N2Cc3ccccc3C[C@H]2CO)c2cc(N3CN(c4ccccc4)C4(CCNCC4)C3=O)ccc21. The molecule has 3 atom stereocenters. The van der Waals surface area contributed by atoms with E-state index in [2.05, 4.69) is 16.8 Å². The van der Waals surface area contributed by atoms with E-state index in [0.717, 1.165) is 29.9 Å². The normalized spacial score (nSPS) is 23.5. The van der Waals surface area contributed by atoms with Gasteiger partial charge in [0.1, 0.15) is 5.54 Å². The highest BCUT2D eigenvalue weighted by Crippen LogP contribution is 2.48. The molecule has 4 aliphatic rings. The van der Waals surface area contributed by atoms with Crippen LogP contribution in [-0.4, -0.2) is 77.3 Å². The molecule has 3 amide bonds. The number of anilines is 3. The van der Waals surface area contributed by atoms with Crippen molar-refractivity contribution in [2.24, 2.45) is 5.92 Å². The molecule has 0 unspecified atom stereocenters. The molecule has 0 aliphatic carbocycles. The lowest BCUT2D eigenvalue weighted by molar-refractivity contribution is -0.139. The van der Waals surface area contributed by atoms with Crippen molar-refractivity contribution in [1.82, 2.24) is 10.2 Å². The maximum absolute atomic E-state index is 14.4. The van der Waals surface area contributed by atoms with E-state index in [1.54, 1.807) is 47.1 Å². The molecule has 3 aromatic carbocycles. The van der Waals surface area contributed by atoms with Crippen molar-refractivity contribution in [3.8, 4) is 0 Å². The molecule has 2 saturated heterocycles. The Morgan fingerprint density at radius 2 is 1.72 bits per heavy atom. The summed E-state index contributed by atoms with van der Waals surface area (Å²) >= 11 is 0. The van der Waals surface area contributed by atoms with Crippen molar-refractivity contribution in [3.63, 3.8) is 0 Å². The van der Waals surface area contributed by atoms with Gasteiger partial charge in [-0.15, -0.1) is 6.58 Å². The lowest BCUT2D eigenvalue weighted by atomic mass is 9.82. The van der Waals surface area contributed by atoms with E-state index in [0.29, 0.717) is 49.4 Å². The smallest absolute Gasteiger partial charge is 0.264 e. The molecule has 10 heteroatoms. The number of hydrogen-bond acceptors (Lipinski definition) is 7. The minimum Gasteiger partial charge on any atom is -0.394 e. The number of para-hydroxylation sites is 1. The fraction of sp³-hybridized carbons (Fsp3) is 0.375. The zero-order valence-electron chi connectivity index (χ0n) is 28.5. The number of carbonyl (C=O) groups is 3. The standard InChI is InChI=1S/C40H45N5O5/c1-3-22-42-35-17-16-32(44-27-45(31-13-5-4-6-14-31)39(37(44)48)18-20-41-21-19-39)24-34(35)40(50,38(42)49)28(2)10-9-15-36(47)43-25-30-12-8-7-11-29(30)23-33(43)26-46/h3-14,16-17,24,28,33,41,46,50H,1,15,18-23,25-27H2,2H3/b10-9+/t28-,33+,40+/m1/s1. The van der Waals surface area contributed by atoms with Crippen molar-refractivity contribution in [1.29, 1.82) is 0 Å². The van der Waals surface area contributed by atoms with Crippen LogP contribution in [0.1, 0.15) is 42.9 Å². The molecule has 260 valence electrons. The van der Waals surface area contributed by atoms with E-state index in [-0.39, 0.29) is 37.4 Å². The van der Waals surface area contributed by atoms with E-state index in [1.165, 1.54) is 4.90 Å². The first kappa shape index (κ1) is 33.7. The van der Waals surface area contributed by atoms with Crippen LogP contribution in [0.15, 0.2) is 97.6 Å². The second-order valence-corrected chi connectivity index (χ2v) is 13.8. The van der Waals surface area contributed by atoms with E-state index in [9.17, 15) is 24.6 Å². The summed E-state index contributed by atoms with van der Waals surface area (Å²) in [4.78, 5) is 49.0. The van der Waals surface area contributed by atoms with Gasteiger partial charge in [-0.1, -0.05) is 67.6 Å². The number of aliphatic hydroxyl groups excluding tert-OH is 1. The lowest BCUT2D eigenvalue weighted by Gasteiger charge is -2.39. The molecule has 0 bridgehead atoms. The Morgan fingerprint density at radius 3 is 2.44 bits per heavy atom. The van der Waals surface area contributed by atoms with Crippen molar-refractivity contribution >= 4 is 34.8 Å². The number of nitrogens with one attached hydrogen (secondary N) is 1. The summed E-state index contributed by atoms with van der Waals surface area (Å²) in [6.45, 7) is 7.91. The molecule has 7 rings (SSSR count). The van der Waals surface area contributed by atoms with Gasteiger partial charge in [0.2, 0.25) is 5.91 Å². The molecule has 0 aromatic heterocycles. The van der Waals surface area contributed by atoms with Crippen molar-refractivity contribution in [2.75, 3.05) is 47.6 Å². The Hall–Kier alpha value is -4.77. The summed E-state index contributed by atoms with van der Waals surface area (Å²) in [5.74, 6) is -1.31. The molecule has 1 spiro atoms. The van der Waals surface area contributed by atoms with E-state index in [1.807, 2.05) is 60.7 Å². The number of hydrogen-bond donors (Lipinski definition) is 3. The van der Waals surface area contributed by atoms with Crippen molar-refractivity contribution in [3.05, 3.63) is 114 Å². The number of nitrogens with zero attached hydrogens (tertiary/aromatic N) is 4. The van der Waals surface area contributed by atoms with Gasteiger partial charge in [0.25, 0.3) is 11.8 Å². The zero-order chi connectivity index (χ0) is 35.0. The molecule has 10 nitrogen and oxygen atoms in total. The number of aliphatic hydroxyl groups is 2. The summed E-state index contributed by atoms with van der Waals surface area (Å²) in [6.07, 6.45) is 7.03. The van der Waals surface area contributed by atoms with Crippen molar-refractivity contribution in [2.45, 2.75) is 56.3 Å². The van der Waals surface area contributed by atoms with Gasteiger partial charge in [0.15, 0.2) is 5.60 Å². The average molecular weight is 676 g/mol. The maximum atomic E-state index is 14.4. The van der Waals surface area contributed by atoms with Crippen LogP contribution in [0.5, 0.6) is 0 Å². The minimum absolute atomic E-state index is 0.00610. The molecule has 4 heterocycles. The predicted octanol–water partition coefficient (Wildman–Crippen LogP) is 3.87. The van der Waals surface area contributed by atoms with E-state index in [4.69, 9.17) is 0 Å². The van der Waals surface area contributed by atoms with Crippen LogP contribution < -0.4 is 20.0 Å². The van der Waals surface area contributed by atoms with Crippen LogP contribution in [0.2, 0.25) is 0 Å². The number of amides is 3. The Labute approximate surface area is 293 Å². The maximum Gasteiger partial charge on any atom is 0.264 e. The topological polar surface area (TPSA) is 117 Å². The van der Waals surface area contributed by atoms with Crippen LogP contribution in [0.3, 0.4) is 0 Å². The monoisotopic (exact) mass is 675 g/mol. The quantitative estimate of drug-likeness (QED) is 0.295. The van der Waals surface area contributed by atoms with Gasteiger partial charge in [-0.2, -0.15) is 0 Å². The van der Waals surface area contributed by atoms with Crippen molar-refractivity contribution < 1.29 is 24.6 Å². The summed E-state index contributed by atoms with van der Waals surface area (Å²) in [6, 6.07) is 23.1. The highest BCUT2D eigenvalue weighted by Gasteiger charge is 2.55. The van der Waals surface area contributed by atoms with Gasteiger partial charge >= 0.3 is 0 Å². The molecule has 0 radical (unpaired) electrons. The molecule has 3 N–H and O–H groups in total. The van der Waals surface area contributed by atoms with Gasteiger partial charge < -0.3 is 30.2 Å². The van der Waals surface area contributed by atoms with Gasteiger partial charge in [-0.3, -0.25) is 19.3 Å². The zero-order valence-corrected chi connectivity index (χ0v) is 28.5. The van der Waals surface area contributed by atoms with Gasteiger partial charge in [-0.05, 0) is 73.8 Å². The highest BCUT2D eigenvalue weighted by atomic mass is 16.3. The van der Waals surface area contributed by atoms with Crippen LogP contribution in [0.4, 0.5) is 17.1 Å². The first-order valence-corrected chi connectivity index (χ1v) is 17.5. The summed E-state index contributed by atoms with van der Waals surface area (Å²) < 4.78 is 0. The third-order valence-electron chi connectivity index (χ3n) is 11.1. The number of rotatable bonds is 9. The van der Waals surface area contributed by atoms with Crippen LogP contribution in [0.25, 0.3) is 0 Å². The number of fused-ring (bicyclic) bond motifs is 2. The highest BCUT2D eigenvalue weighted by molar-refractivity contribution is 6.10. The second kappa shape index (κ2) is 13.5. The third-order valence-corrected chi connectivity index (χ3v) is 11.1. The fourth-order valence-corrected chi connectivity index (χ4v) is 8.25. The predicted molar refractivity (Wildman–Crippen MR) is 193 cm³/mol. The van der Waals surface area contributed by atoms with E-state index >= 15 is 0 Å². The Balaban J connectivity index is 1.16. The molecular formula is C40H45N5O5. The van der Waals surface area contributed by atoms with Crippen LogP contribution in [0, 0.1) is 5.92 Å². The number of carbonyl (C=O) groups excluding carboxylic acids is 3. The average Bonchev–Trinajstić information content (AvgIpc) is 3.54. The first-order chi connectivity index (χ1) is 24.2. The molecule has 0 saturated carbocycles. The Kier molecular flexibility index (Phi) is 9.11. The second-order valence-electron chi connectivity index (χ2n) is 13.8. The van der Waals surface area contributed by atoms with Gasteiger partial charge in [0, 0.05) is 42.4 Å². The molecule has 4 aliphatic heterocycles. The lowest BCUT2D eigenvalue weighted by Crippen LogP contribution is -2.55. The molecular weight excluding hydrogens is 630 g/mol. The summed E-state index contributed by atoms with van der Waals surface area (Å²) in [5.41, 5.74) is 2.16. The number of piperidine rings is 1. The Bertz CT molecular complexity index is 1820. The fourth-order valence-electron chi connectivity index (χ4n) is 8.25. The molecule has 50 heavy (non-hydrogen) atoms. The number of benzene rings is 3.